The lowest BCUT2D eigenvalue weighted by Crippen LogP contribution is -2.34. The highest BCUT2D eigenvalue weighted by Gasteiger charge is 2.11. The topological polar surface area (TPSA) is 108 Å². The molecule has 0 radical (unpaired) electrons. The molecule has 0 aliphatic rings. The van der Waals surface area contributed by atoms with Crippen LogP contribution in [0.4, 0.5) is 0 Å². The highest BCUT2D eigenvalue weighted by atomic mass is 32.2. The largest absolute Gasteiger partial charge is 0.492 e. The molecule has 0 unspecified atom stereocenters. The zero-order valence-electron chi connectivity index (χ0n) is 16.3. The molecule has 0 amide bonds. The van der Waals surface area contributed by atoms with Crippen LogP contribution in [-0.4, -0.2) is 46.9 Å². The van der Waals surface area contributed by atoms with Crippen molar-refractivity contribution >= 4 is 10.0 Å². The van der Waals surface area contributed by atoms with Crippen molar-refractivity contribution in [3.63, 3.8) is 0 Å². The maximum Gasteiger partial charge on any atom is 0.266 e. The Kier molecular flexibility index (Phi) is 6.45. The van der Waals surface area contributed by atoms with Gasteiger partial charge in [0.25, 0.3) is 5.56 Å². The van der Waals surface area contributed by atoms with Crippen molar-refractivity contribution in [2.75, 3.05) is 18.9 Å². The predicted molar refractivity (Wildman–Crippen MR) is 109 cm³/mol. The van der Waals surface area contributed by atoms with Crippen molar-refractivity contribution in [2.24, 2.45) is 0 Å². The van der Waals surface area contributed by atoms with Crippen LogP contribution < -0.4 is 15.0 Å². The molecular formula is C19H23N5O4S. The Labute approximate surface area is 169 Å². The van der Waals surface area contributed by atoms with Crippen LogP contribution in [0.5, 0.6) is 5.75 Å². The fourth-order valence-corrected chi connectivity index (χ4v) is 3.59. The van der Waals surface area contributed by atoms with Gasteiger partial charge in [-0.2, -0.15) is 5.10 Å². The quantitative estimate of drug-likeness (QED) is 0.557. The normalized spacial score (nSPS) is 11.5. The van der Waals surface area contributed by atoms with Crippen molar-refractivity contribution in [1.82, 2.24) is 24.3 Å². The Morgan fingerprint density at radius 2 is 1.83 bits per heavy atom. The number of nitrogens with zero attached hydrogens (tertiary/aromatic N) is 4. The summed E-state index contributed by atoms with van der Waals surface area (Å²) >= 11 is 0. The van der Waals surface area contributed by atoms with Gasteiger partial charge in [-0.15, -0.1) is 5.10 Å². The van der Waals surface area contributed by atoms with Crippen LogP contribution in [0.15, 0.2) is 53.3 Å². The molecule has 1 N–H and O–H groups in total. The Morgan fingerprint density at radius 1 is 1.07 bits per heavy atom. The third-order valence-electron chi connectivity index (χ3n) is 4.09. The first-order valence-electron chi connectivity index (χ1n) is 9.11. The monoisotopic (exact) mass is 417 g/mol. The van der Waals surface area contributed by atoms with Gasteiger partial charge in [0.2, 0.25) is 10.0 Å². The zero-order valence-corrected chi connectivity index (χ0v) is 17.1. The Morgan fingerprint density at radius 3 is 2.52 bits per heavy atom. The van der Waals surface area contributed by atoms with Gasteiger partial charge in [0, 0.05) is 18.3 Å². The highest BCUT2D eigenvalue weighted by Crippen LogP contribution is 2.08. The SMILES string of the molecule is Cc1cc(C)n(-c2ccc(=O)n(CCNS(=O)(=O)CCOc3ccccc3)n2)n1. The molecule has 0 bridgehead atoms. The Balaban J connectivity index is 1.56. The number of benzene rings is 1. The maximum absolute atomic E-state index is 12.1. The number of para-hydroxylation sites is 1. The summed E-state index contributed by atoms with van der Waals surface area (Å²) in [7, 11) is -3.54. The fraction of sp³-hybridized carbons (Fsp3) is 0.316. The van der Waals surface area contributed by atoms with Gasteiger partial charge in [-0.1, -0.05) is 18.2 Å². The van der Waals surface area contributed by atoms with Gasteiger partial charge in [-0.25, -0.2) is 22.5 Å². The second kappa shape index (κ2) is 9.01. The number of rotatable bonds is 9. The van der Waals surface area contributed by atoms with E-state index in [9.17, 15) is 13.2 Å². The fourth-order valence-electron chi connectivity index (χ4n) is 2.74. The number of hydrogen-bond acceptors (Lipinski definition) is 6. The summed E-state index contributed by atoms with van der Waals surface area (Å²) in [6, 6.07) is 13.9. The number of nitrogens with one attached hydrogen (secondary N) is 1. The Bertz CT molecular complexity index is 1120. The third-order valence-corrected chi connectivity index (χ3v) is 5.44. The van der Waals surface area contributed by atoms with E-state index in [0.717, 1.165) is 11.4 Å². The molecule has 2 heterocycles. The van der Waals surface area contributed by atoms with E-state index >= 15 is 0 Å². The average Bonchev–Trinajstić information content (AvgIpc) is 3.02. The van der Waals surface area contributed by atoms with Gasteiger partial charge in [0.1, 0.15) is 12.4 Å². The molecule has 0 aliphatic carbocycles. The number of sulfonamides is 1. The molecule has 3 rings (SSSR count). The van der Waals surface area contributed by atoms with E-state index < -0.39 is 10.0 Å². The standard InChI is InChI=1S/C19H23N5O4S/c1-15-14-16(2)24(21-15)18-8-9-19(25)23(22-18)11-10-20-29(26,27)13-12-28-17-6-4-3-5-7-17/h3-9,14,20H,10-13H2,1-2H3. The minimum atomic E-state index is -3.54. The molecular weight excluding hydrogens is 394 g/mol. The first kappa shape index (κ1) is 20.7. The zero-order chi connectivity index (χ0) is 20.9. The van der Waals surface area contributed by atoms with E-state index in [0.29, 0.717) is 11.6 Å². The van der Waals surface area contributed by atoms with Gasteiger partial charge in [-0.3, -0.25) is 4.79 Å². The second-order valence-corrected chi connectivity index (χ2v) is 8.39. The Hall–Kier alpha value is -2.98. The summed E-state index contributed by atoms with van der Waals surface area (Å²) in [5.74, 6) is 0.921. The minimum Gasteiger partial charge on any atom is -0.492 e. The summed E-state index contributed by atoms with van der Waals surface area (Å²) in [5, 5.41) is 8.63. The van der Waals surface area contributed by atoms with Crippen LogP contribution in [-0.2, 0) is 16.6 Å². The lowest BCUT2D eigenvalue weighted by Gasteiger charge is -2.10. The molecule has 0 aliphatic heterocycles. The van der Waals surface area contributed by atoms with E-state index in [2.05, 4.69) is 14.9 Å². The molecule has 0 spiro atoms. The molecule has 154 valence electrons. The number of ether oxygens (including phenoxy) is 1. The molecule has 3 aromatic rings. The molecule has 9 nitrogen and oxygen atoms in total. The van der Waals surface area contributed by atoms with E-state index in [1.807, 2.05) is 38.1 Å². The van der Waals surface area contributed by atoms with Crippen LogP contribution in [0.2, 0.25) is 0 Å². The van der Waals surface area contributed by atoms with Crippen LogP contribution in [0.25, 0.3) is 5.82 Å². The van der Waals surface area contributed by atoms with Crippen LogP contribution in [0.1, 0.15) is 11.4 Å². The minimum absolute atomic E-state index is 0.0327. The van der Waals surface area contributed by atoms with Gasteiger partial charge >= 0.3 is 0 Å². The van der Waals surface area contributed by atoms with Crippen LogP contribution in [0.3, 0.4) is 0 Å². The first-order chi connectivity index (χ1) is 13.8. The van der Waals surface area contributed by atoms with Crippen molar-refractivity contribution in [3.8, 4) is 11.6 Å². The van der Waals surface area contributed by atoms with Gasteiger partial charge < -0.3 is 4.74 Å². The summed E-state index contributed by atoms with van der Waals surface area (Å²) in [6.07, 6.45) is 0. The lowest BCUT2D eigenvalue weighted by molar-refractivity contribution is 0.340. The summed E-state index contributed by atoms with van der Waals surface area (Å²) in [5.41, 5.74) is 1.41. The van der Waals surface area contributed by atoms with Crippen molar-refractivity contribution in [2.45, 2.75) is 20.4 Å². The highest BCUT2D eigenvalue weighted by molar-refractivity contribution is 7.89. The summed E-state index contributed by atoms with van der Waals surface area (Å²) < 4.78 is 35.0. The molecule has 0 saturated carbocycles. The van der Waals surface area contributed by atoms with E-state index in [1.165, 1.54) is 10.7 Å². The maximum atomic E-state index is 12.1. The number of aryl methyl sites for hydroxylation is 2. The first-order valence-corrected chi connectivity index (χ1v) is 10.8. The molecule has 0 fully saturated rings. The molecule has 2 aromatic heterocycles. The number of hydrogen-bond donors (Lipinski definition) is 1. The smallest absolute Gasteiger partial charge is 0.266 e. The summed E-state index contributed by atoms with van der Waals surface area (Å²) in [6.45, 7) is 3.94. The molecule has 0 saturated heterocycles. The second-order valence-electron chi connectivity index (χ2n) is 6.47. The summed E-state index contributed by atoms with van der Waals surface area (Å²) in [4.78, 5) is 12.1. The number of aromatic nitrogens is 4. The lowest BCUT2D eigenvalue weighted by atomic mass is 10.3. The molecule has 29 heavy (non-hydrogen) atoms. The van der Waals surface area contributed by atoms with E-state index in [4.69, 9.17) is 4.74 Å². The van der Waals surface area contributed by atoms with Gasteiger partial charge in [0.15, 0.2) is 5.82 Å². The predicted octanol–water partition coefficient (Wildman–Crippen LogP) is 1.04. The third kappa shape index (κ3) is 5.75. The molecule has 1 aromatic carbocycles. The van der Waals surface area contributed by atoms with Gasteiger partial charge in [-0.05, 0) is 38.1 Å². The van der Waals surface area contributed by atoms with Crippen molar-refractivity contribution < 1.29 is 13.2 Å². The van der Waals surface area contributed by atoms with Gasteiger partial charge in [0.05, 0.1) is 18.0 Å². The van der Waals surface area contributed by atoms with Crippen LogP contribution >= 0.6 is 0 Å². The molecule has 0 atom stereocenters. The average molecular weight is 417 g/mol. The van der Waals surface area contributed by atoms with Crippen molar-refractivity contribution in [1.29, 1.82) is 0 Å². The molecule has 10 heteroatoms. The van der Waals surface area contributed by atoms with E-state index in [1.54, 1.807) is 22.9 Å². The van der Waals surface area contributed by atoms with Crippen molar-refractivity contribution in [3.05, 3.63) is 70.3 Å². The van der Waals surface area contributed by atoms with E-state index in [-0.39, 0.29) is 31.0 Å². The van der Waals surface area contributed by atoms with Crippen LogP contribution in [0, 0.1) is 13.8 Å².